The van der Waals surface area contributed by atoms with Gasteiger partial charge < -0.3 is 15.6 Å². The van der Waals surface area contributed by atoms with E-state index in [2.05, 4.69) is 46.1 Å². The van der Waals surface area contributed by atoms with E-state index in [1.165, 1.54) is 10.9 Å². The van der Waals surface area contributed by atoms with Crippen LogP contribution in [0.2, 0.25) is 0 Å². The Morgan fingerprint density at radius 2 is 1.73 bits per heavy atom. The van der Waals surface area contributed by atoms with E-state index in [1.54, 1.807) is 0 Å². The maximum absolute atomic E-state index is 13.2. The number of fused-ring (bicyclic) bond motifs is 1. The van der Waals surface area contributed by atoms with Crippen LogP contribution in [0.5, 0.6) is 0 Å². The van der Waals surface area contributed by atoms with Crippen molar-refractivity contribution in [2.24, 2.45) is 0 Å². The third-order valence-corrected chi connectivity index (χ3v) is 5.46. The number of aryl methyl sites for hydroxylation is 2. The number of rotatable bonds is 7. The Labute approximate surface area is 177 Å². The number of benzene rings is 3. The van der Waals surface area contributed by atoms with Gasteiger partial charge in [-0.05, 0) is 54.7 Å². The Balaban J connectivity index is 1.50. The molecule has 4 heteroatoms. The minimum absolute atomic E-state index is 0.0474. The molecule has 1 amide bonds. The zero-order valence-electron chi connectivity index (χ0n) is 17.4. The largest absolute Gasteiger partial charge is 0.361 e. The molecular weight excluding hydrogens is 370 g/mol. The van der Waals surface area contributed by atoms with Crippen LogP contribution in [0.4, 0.5) is 5.69 Å². The molecule has 3 N–H and O–H groups in total. The molecule has 30 heavy (non-hydrogen) atoms. The fourth-order valence-corrected chi connectivity index (χ4v) is 3.77. The Kier molecular flexibility index (Phi) is 5.96. The summed E-state index contributed by atoms with van der Waals surface area (Å²) in [6, 6.07) is 23.9. The zero-order chi connectivity index (χ0) is 20.9. The van der Waals surface area contributed by atoms with Gasteiger partial charge in [-0.1, -0.05) is 60.7 Å². The highest BCUT2D eigenvalue weighted by Crippen LogP contribution is 2.21. The monoisotopic (exact) mass is 397 g/mol. The van der Waals surface area contributed by atoms with Crippen molar-refractivity contribution in [2.75, 3.05) is 11.9 Å². The summed E-state index contributed by atoms with van der Waals surface area (Å²) in [6.45, 7) is 4.74. The lowest BCUT2D eigenvalue weighted by Gasteiger charge is -2.20. The quantitative estimate of drug-likeness (QED) is 0.396. The molecule has 0 bridgehead atoms. The number of para-hydroxylation sites is 1. The van der Waals surface area contributed by atoms with Gasteiger partial charge in [0.05, 0.1) is 0 Å². The van der Waals surface area contributed by atoms with Crippen molar-refractivity contribution in [1.82, 2.24) is 10.3 Å². The molecule has 152 valence electrons. The molecule has 0 saturated heterocycles. The summed E-state index contributed by atoms with van der Waals surface area (Å²) in [5, 5.41) is 7.81. The first-order chi connectivity index (χ1) is 14.6. The summed E-state index contributed by atoms with van der Waals surface area (Å²) in [6.07, 6.45) is 2.89. The Morgan fingerprint density at radius 3 is 2.57 bits per heavy atom. The second-order valence-electron chi connectivity index (χ2n) is 7.71. The van der Waals surface area contributed by atoms with Crippen LogP contribution in [0.25, 0.3) is 10.9 Å². The second kappa shape index (κ2) is 8.97. The van der Waals surface area contributed by atoms with E-state index < -0.39 is 6.04 Å². The Morgan fingerprint density at radius 1 is 0.967 bits per heavy atom. The summed E-state index contributed by atoms with van der Waals surface area (Å²) < 4.78 is 0. The fourth-order valence-electron chi connectivity index (χ4n) is 3.77. The number of carbonyl (C=O) groups is 1. The molecule has 0 fully saturated rings. The average Bonchev–Trinajstić information content (AvgIpc) is 3.17. The SMILES string of the molecule is Cc1ccc(C)c(NC(=O)[C@@H](NCCc2c[nH]c3ccccc23)c2ccccc2)c1. The lowest BCUT2D eigenvalue weighted by molar-refractivity contribution is -0.118. The van der Waals surface area contributed by atoms with Crippen LogP contribution in [0.1, 0.15) is 28.3 Å². The van der Waals surface area contributed by atoms with E-state index >= 15 is 0 Å². The van der Waals surface area contributed by atoms with E-state index in [9.17, 15) is 4.79 Å². The van der Waals surface area contributed by atoms with Gasteiger partial charge in [0, 0.05) is 29.3 Å². The first-order valence-electron chi connectivity index (χ1n) is 10.3. The Bertz CT molecular complexity index is 1150. The van der Waals surface area contributed by atoms with Gasteiger partial charge >= 0.3 is 0 Å². The van der Waals surface area contributed by atoms with Gasteiger partial charge in [0.2, 0.25) is 5.91 Å². The predicted octanol–water partition coefficient (Wildman–Crippen LogP) is 5.30. The van der Waals surface area contributed by atoms with Gasteiger partial charge in [0.1, 0.15) is 6.04 Å². The molecule has 0 aliphatic rings. The standard InChI is InChI=1S/C26H27N3O/c1-18-12-13-19(2)24(16-18)29-26(30)25(20-8-4-3-5-9-20)27-15-14-21-17-28-23-11-7-6-10-22(21)23/h3-13,16-17,25,27-28H,14-15H2,1-2H3,(H,29,30)/t25-/m0/s1. The van der Waals surface area contributed by atoms with Gasteiger partial charge in [-0.3, -0.25) is 4.79 Å². The molecule has 4 nitrogen and oxygen atoms in total. The first-order valence-corrected chi connectivity index (χ1v) is 10.3. The van der Waals surface area contributed by atoms with Crippen LogP contribution in [0, 0.1) is 13.8 Å². The summed E-state index contributed by atoms with van der Waals surface area (Å²) in [4.78, 5) is 16.5. The van der Waals surface area contributed by atoms with Gasteiger partial charge in [-0.2, -0.15) is 0 Å². The highest BCUT2D eigenvalue weighted by molar-refractivity contribution is 5.96. The number of aromatic amines is 1. The third kappa shape index (κ3) is 4.44. The number of H-pyrrole nitrogens is 1. The molecule has 1 atom stereocenters. The predicted molar refractivity (Wildman–Crippen MR) is 124 cm³/mol. The van der Waals surface area contributed by atoms with Crippen molar-refractivity contribution >= 4 is 22.5 Å². The molecule has 4 rings (SSSR count). The van der Waals surface area contributed by atoms with Crippen LogP contribution in [0.15, 0.2) is 79.0 Å². The van der Waals surface area contributed by atoms with E-state index in [0.29, 0.717) is 6.54 Å². The normalized spacial score (nSPS) is 12.1. The number of anilines is 1. The van der Waals surface area contributed by atoms with E-state index in [4.69, 9.17) is 0 Å². The smallest absolute Gasteiger partial charge is 0.246 e. The van der Waals surface area contributed by atoms with Crippen LogP contribution >= 0.6 is 0 Å². The molecule has 0 unspecified atom stereocenters. The molecule has 0 spiro atoms. The molecular formula is C26H27N3O. The highest BCUT2D eigenvalue weighted by Gasteiger charge is 2.20. The fraction of sp³-hybridized carbons (Fsp3) is 0.192. The molecule has 0 aliphatic heterocycles. The van der Waals surface area contributed by atoms with Crippen molar-refractivity contribution in [3.8, 4) is 0 Å². The molecule has 0 radical (unpaired) electrons. The van der Waals surface area contributed by atoms with Crippen LogP contribution in [0.3, 0.4) is 0 Å². The van der Waals surface area contributed by atoms with E-state index in [-0.39, 0.29) is 5.91 Å². The topological polar surface area (TPSA) is 56.9 Å². The molecule has 0 aliphatic carbocycles. The zero-order valence-corrected chi connectivity index (χ0v) is 17.4. The van der Waals surface area contributed by atoms with Crippen molar-refractivity contribution < 1.29 is 4.79 Å². The van der Waals surface area contributed by atoms with E-state index in [0.717, 1.165) is 34.3 Å². The maximum Gasteiger partial charge on any atom is 0.246 e. The van der Waals surface area contributed by atoms with Gasteiger partial charge in [0.15, 0.2) is 0 Å². The van der Waals surface area contributed by atoms with E-state index in [1.807, 2.05) is 62.4 Å². The number of hydrogen-bond acceptors (Lipinski definition) is 2. The minimum atomic E-state index is -0.420. The molecule has 3 aromatic carbocycles. The number of nitrogens with one attached hydrogen (secondary N) is 3. The third-order valence-electron chi connectivity index (χ3n) is 5.46. The lowest BCUT2D eigenvalue weighted by atomic mass is 10.0. The number of aromatic nitrogens is 1. The lowest BCUT2D eigenvalue weighted by Crippen LogP contribution is -2.34. The number of amides is 1. The molecule has 4 aromatic rings. The molecule has 1 heterocycles. The van der Waals surface area contributed by atoms with Crippen molar-refractivity contribution in [2.45, 2.75) is 26.3 Å². The van der Waals surface area contributed by atoms with Gasteiger partial charge in [-0.25, -0.2) is 0 Å². The minimum Gasteiger partial charge on any atom is -0.361 e. The van der Waals surface area contributed by atoms with Crippen molar-refractivity contribution in [3.05, 3.63) is 101 Å². The second-order valence-corrected chi connectivity index (χ2v) is 7.71. The van der Waals surface area contributed by atoms with Crippen LogP contribution in [-0.2, 0) is 11.2 Å². The van der Waals surface area contributed by atoms with Gasteiger partial charge in [-0.15, -0.1) is 0 Å². The van der Waals surface area contributed by atoms with Crippen LogP contribution < -0.4 is 10.6 Å². The summed E-state index contributed by atoms with van der Waals surface area (Å²) in [5.74, 6) is -0.0474. The van der Waals surface area contributed by atoms with Crippen LogP contribution in [-0.4, -0.2) is 17.4 Å². The van der Waals surface area contributed by atoms with Crippen molar-refractivity contribution in [3.63, 3.8) is 0 Å². The summed E-state index contributed by atoms with van der Waals surface area (Å²) in [7, 11) is 0. The summed E-state index contributed by atoms with van der Waals surface area (Å²) in [5.41, 5.74) is 6.39. The van der Waals surface area contributed by atoms with Gasteiger partial charge in [0.25, 0.3) is 0 Å². The van der Waals surface area contributed by atoms with Crippen molar-refractivity contribution in [1.29, 1.82) is 0 Å². The number of hydrogen-bond donors (Lipinski definition) is 3. The summed E-state index contributed by atoms with van der Waals surface area (Å²) >= 11 is 0. The maximum atomic E-state index is 13.2. The molecule has 0 saturated carbocycles. The highest BCUT2D eigenvalue weighted by atomic mass is 16.2. The average molecular weight is 398 g/mol. The Hall–Kier alpha value is -3.37. The first kappa shape index (κ1) is 19.9. The molecule has 1 aromatic heterocycles. The number of carbonyl (C=O) groups excluding carboxylic acids is 1.